The highest BCUT2D eigenvalue weighted by Crippen LogP contribution is 2.21. The van der Waals surface area contributed by atoms with E-state index in [1.165, 1.54) is 10.7 Å². The smallest absolute Gasteiger partial charge is 0.319 e. The Balaban J connectivity index is 1.68. The van der Waals surface area contributed by atoms with Gasteiger partial charge in [-0.3, -0.25) is 4.79 Å². The average Bonchev–Trinajstić information content (AvgIpc) is 2.99. The van der Waals surface area contributed by atoms with Crippen LogP contribution < -0.4 is 16.0 Å². The van der Waals surface area contributed by atoms with Crippen molar-refractivity contribution in [2.45, 2.75) is 33.7 Å². The molecular weight excluding hydrogens is 385 g/mol. The maximum atomic E-state index is 14.6. The first-order valence-corrected chi connectivity index (χ1v) is 9.55. The predicted molar refractivity (Wildman–Crippen MR) is 115 cm³/mol. The number of benzene rings is 2. The summed E-state index contributed by atoms with van der Waals surface area (Å²) >= 11 is 0. The summed E-state index contributed by atoms with van der Waals surface area (Å²) in [5, 5.41) is 12.4. The van der Waals surface area contributed by atoms with Crippen LogP contribution in [0.5, 0.6) is 0 Å². The van der Waals surface area contributed by atoms with E-state index in [2.05, 4.69) is 21.0 Å². The number of aromatic nitrogens is 2. The van der Waals surface area contributed by atoms with Crippen molar-refractivity contribution in [3.05, 3.63) is 71.3 Å². The normalized spacial score (nSPS) is 10.7. The van der Waals surface area contributed by atoms with Crippen LogP contribution in [0.3, 0.4) is 0 Å². The lowest BCUT2D eigenvalue weighted by atomic mass is 10.2. The Labute approximate surface area is 174 Å². The largest absolute Gasteiger partial charge is 0.336 e. The van der Waals surface area contributed by atoms with Gasteiger partial charge in [0.05, 0.1) is 5.69 Å². The van der Waals surface area contributed by atoms with E-state index in [0.717, 1.165) is 11.4 Å². The lowest BCUT2D eigenvalue weighted by Gasteiger charge is -2.11. The molecule has 3 rings (SSSR count). The number of hydrogen-bond acceptors (Lipinski definition) is 3. The van der Waals surface area contributed by atoms with Gasteiger partial charge in [0.2, 0.25) is 0 Å². The fourth-order valence-electron chi connectivity index (χ4n) is 2.97. The van der Waals surface area contributed by atoms with Crippen LogP contribution in [0.15, 0.2) is 48.5 Å². The number of amides is 3. The van der Waals surface area contributed by atoms with Gasteiger partial charge in [-0.15, -0.1) is 0 Å². The summed E-state index contributed by atoms with van der Waals surface area (Å²) in [6.45, 7) is 7.41. The number of aryl methyl sites for hydroxylation is 2. The number of anilines is 2. The topological polar surface area (TPSA) is 88.0 Å². The summed E-state index contributed by atoms with van der Waals surface area (Å²) in [7, 11) is 0. The van der Waals surface area contributed by atoms with Gasteiger partial charge in [0.25, 0.3) is 5.91 Å². The van der Waals surface area contributed by atoms with Crippen LogP contribution in [0.4, 0.5) is 20.6 Å². The second-order valence-electron chi connectivity index (χ2n) is 7.29. The molecule has 30 heavy (non-hydrogen) atoms. The van der Waals surface area contributed by atoms with Gasteiger partial charge in [-0.1, -0.05) is 0 Å². The van der Waals surface area contributed by atoms with Gasteiger partial charge in [0, 0.05) is 28.7 Å². The first-order valence-electron chi connectivity index (χ1n) is 9.55. The third kappa shape index (κ3) is 5.02. The third-order valence-electron chi connectivity index (χ3n) is 4.27. The van der Waals surface area contributed by atoms with Gasteiger partial charge < -0.3 is 16.0 Å². The standard InChI is InChI=1S/C22H24FN5O2/c1-13(2)24-22(30)26-17-7-5-16(6-8-17)21(29)25-18-9-10-20(19(23)12-18)28-15(4)11-14(3)27-28/h5-13H,1-4H3,(H,25,29)(H2,24,26,30). The van der Waals surface area contributed by atoms with Crippen molar-refractivity contribution in [3.8, 4) is 5.69 Å². The molecule has 0 fully saturated rings. The molecule has 0 bridgehead atoms. The molecule has 0 saturated carbocycles. The summed E-state index contributed by atoms with van der Waals surface area (Å²) in [5.74, 6) is -0.874. The molecule has 0 aliphatic rings. The lowest BCUT2D eigenvalue weighted by molar-refractivity contribution is 0.102. The molecule has 7 nitrogen and oxygen atoms in total. The van der Waals surface area contributed by atoms with Crippen molar-refractivity contribution in [1.82, 2.24) is 15.1 Å². The number of rotatable bonds is 5. The van der Waals surface area contributed by atoms with Crippen molar-refractivity contribution in [2.24, 2.45) is 0 Å². The van der Waals surface area contributed by atoms with Gasteiger partial charge in [-0.25, -0.2) is 13.9 Å². The summed E-state index contributed by atoms with van der Waals surface area (Å²) in [5.41, 5.74) is 3.20. The number of carbonyl (C=O) groups excluding carboxylic acids is 2. The Morgan fingerprint density at radius 3 is 2.20 bits per heavy atom. The fraction of sp³-hybridized carbons (Fsp3) is 0.227. The number of nitrogens with zero attached hydrogens (tertiary/aromatic N) is 2. The van der Waals surface area contributed by atoms with Crippen LogP contribution in [0.1, 0.15) is 35.6 Å². The molecule has 0 spiro atoms. The van der Waals surface area contributed by atoms with Gasteiger partial charge in [-0.2, -0.15) is 5.10 Å². The van der Waals surface area contributed by atoms with E-state index in [-0.39, 0.29) is 18.0 Å². The number of hydrogen-bond donors (Lipinski definition) is 3. The van der Waals surface area contributed by atoms with Crippen molar-refractivity contribution in [1.29, 1.82) is 0 Å². The number of carbonyl (C=O) groups is 2. The third-order valence-corrected chi connectivity index (χ3v) is 4.27. The number of halogens is 1. The zero-order valence-electron chi connectivity index (χ0n) is 17.3. The van der Waals surface area contributed by atoms with E-state index in [1.54, 1.807) is 36.4 Å². The van der Waals surface area contributed by atoms with Crippen LogP contribution in [0.25, 0.3) is 5.69 Å². The van der Waals surface area contributed by atoms with E-state index in [1.807, 2.05) is 33.8 Å². The molecule has 0 radical (unpaired) electrons. The van der Waals surface area contributed by atoms with Crippen LogP contribution in [0, 0.1) is 19.7 Å². The zero-order valence-corrected chi connectivity index (χ0v) is 17.3. The summed E-state index contributed by atoms with van der Waals surface area (Å²) < 4.78 is 16.1. The van der Waals surface area contributed by atoms with Crippen LogP contribution in [-0.2, 0) is 0 Å². The highest BCUT2D eigenvalue weighted by atomic mass is 19.1. The maximum Gasteiger partial charge on any atom is 0.319 e. The fourth-order valence-corrected chi connectivity index (χ4v) is 2.97. The summed E-state index contributed by atoms with van der Waals surface area (Å²) in [6, 6.07) is 12.4. The molecule has 0 aliphatic heterocycles. The first kappa shape index (κ1) is 21.0. The van der Waals surface area contributed by atoms with E-state index in [0.29, 0.717) is 22.6 Å². The second-order valence-corrected chi connectivity index (χ2v) is 7.29. The van der Waals surface area contributed by atoms with Gasteiger partial charge in [0.15, 0.2) is 5.82 Å². The molecule has 0 aliphatic carbocycles. The maximum absolute atomic E-state index is 14.6. The van der Waals surface area contributed by atoms with Crippen molar-refractivity contribution in [2.75, 3.05) is 10.6 Å². The Morgan fingerprint density at radius 1 is 0.967 bits per heavy atom. The molecular formula is C22H24FN5O2. The number of nitrogens with one attached hydrogen (secondary N) is 3. The van der Waals surface area contributed by atoms with Gasteiger partial charge in [-0.05, 0) is 76.2 Å². The van der Waals surface area contributed by atoms with Crippen molar-refractivity contribution in [3.63, 3.8) is 0 Å². The molecule has 1 heterocycles. The SMILES string of the molecule is Cc1cc(C)n(-c2ccc(NC(=O)c3ccc(NC(=O)NC(C)C)cc3)cc2F)n1. The molecule has 3 N–H and O–H groups in total. The highest BCUT2D eigenvalue weighted by molar-refractivity contribution is 6.04. The quantitative estimate of drug-likeness (QED) is 0.583. The molecule has 2 aromatic carbocycles. The Kier molecular flexibility index (Phi) is 6.15. The molecule has 3 amide bonds. The Morgan fingerprint density at radius 2 is 1.63 bits per heavy atom. The second kappa shape index (κ2) is 8.77. The zero-order chi connectivity index (χ0) is 21.8. The van der Waals surface area contributed by atoms with Gasteiger partial charge >= 0.3 is 6.03 Å². The lowest BCUT2D eigenvalue weighted by Crippen LogP contribution is -2.34. The predicted octanol–water partition coefficient (Wildman–Crippen LogP) is 4.41. The van der Waals surface area contributed by atoms with Crippen molar-refractivity contribution < 1.29 is 14.0 Å². The van der Waals surface area contributed by atoms with Crippen LogP contribution in [-0.4, -0.2) is 27.8 Å². The van der Waals surface area contributed by atoms with Crippen LogP contribution in [0.2, 0.25) is 0 Å². The Bertz CT molecular complexity index is 1070. The molecule has 0 unspecified atom stereocenters. The van der Waals surface area contributed by atoms with E-state index in [4.69, 9.17) is 0 Å². The minimum absolute atomic E-state index is 0.0167. The minimum Gasteiger partial charge on any atom is -0.336 e. The highest BCUT2D eigenvalue weighted by Gasteiger charge is 2.12. The van der Waals surface area contributed by atoms with E-state index < -0.39 is 5.82 Å². The summed E-state index contributed by atoms with van der Waals surface area (Å²) in [4.78, 5) is 24.2. The van der Waals surface area contributed by atoms with E-state index >= 15 is 0 Å². The van der Waals surface area contributed by atoms with Gasteiger partial charge in [0.1, 0.15) is 5.69 Å². The first-order chi connectivity index (χ1) is 14.2. The Hall–Kier alpha value is -3.68. The molecule has 1 aromatic heterocycles. The van der Waals surface area contributed by atoms with Crippen LogP contribution >= 0.6 is 0 Å². The average molecular weight is 409 g/mol. The molecule has 0 atom stereocenters. The van der Waals surface area contributed by atoms with E-state index in [9.17, 15) is 14.0 Å². The molecule has 3 aromatic rings. The molecule has 156 valence electrons. The molecule has 0 saturated heterocycles. The summed E-state index contributed by atoms with van der Waals surface area (Å²) in [6.07, 6.45) is 0. The monoisotopic (exact) mass is 409 g/mol. The number of urea groups is 1. The van der Waals surface area contributed by atoms with Crippen molar-refractivity contribution >= 4 is 23.3 Å². The molecule has 8 heteroatoms. The minimum atomic E-state index is -0.491.